The fourth-order valence-corrected chi connectivity index (χ4v) is 6.16. The molecule has 5 rings (SSSR count). The van der Waals surface area contributed by atoms with E-state index in [0.717, 1.165) is 38.8 Å². The second kappa shape index (κ2) is 14.1. The molecule has 16 heteroatoms. The highest BCUT2D eigenvalue weighted by molar-refractivity contribution is 7.22. The fourth-order valence-electron chi connectivity index (χ4n) is 4.86. The number of amides is 2. The monoisotopic (exact) mass is 672 g/mol. The summed E-state index contributed by atoms with van der Waals surface area (Å²) in [5.74, 6) is -1.93. The third-order valence-corrected chi connectivity index (χ3v) is 8.15. The molecule has 0 unspecified atom stereocenters. The predicted octanol–water partition coefficient (Wildman–Crippen LogP) is 4.99. The highest BCUT2D eigenvalue weighted by atomic mass is 32.1. The van der Waals surface area contributed by atoms with E-state index in [-0.39, 0.29) is 28.3 Å². The van der Waals surface area contributed by atoms with Crippen molar-refractivity contribution in [1.29, 1.82) is 0 Å². The number of hydrogen-bond acceptors (Lipinski definition) is 8. The first-order chi connectivity index (χ1) is 22.5. The molecule has 0 saturated carbocycles. The summed E-state index contributed by atoms with van der Waals surface area (Å²) >= 11 is 1.10. The number of urea groups is 1. The number of ether oxygens (including phenoxy) is 1. The number of hydroxylamine groups is 1. The maximum atomic E-state index is 14.9. The maximum Gasteiger partial charge on any atom is 0.343 e. The molecule has 11 nitrogen and oxygen atoms in total. The minimum Gasteiger partial charge on any atom is -0.486 e. The van der Waals surface area contributed by atoms with Crippen LogP contribution in [0.3, 0.4) is 0 Å². The first kappa shape index (κ1) is 33.3. The van der Waals surface area contributed by atoms with Gasteiger partial charge in [-0.1, -0.05) is 18.2 Å². The lowest BCUT2D eigenvalue weighted by Crippen LogP contribution is -2.39. The summed E-state index contributed by atoms with van der Waals surface area (Å²) in [6, 6.07) is 12.0. The largest absolute Gasteiger partial charge is 0.486 e. The Hall–Kier alpha value is -5.06. The molecule has 3 aromatic heterocycles. The van der Waals surface area contributed by atoms with E-state index in [4.69, 9.17) is 4.74 Å². The SMILES string of the molecule is CONC(=O)Nc1ccc(-c2sc3c(c2CN(C)C)c(=O)n(-c2ccc(OCC(F)F)cn2)c(=O)n3Cc2c(F)cccc2F)cc1. The van der Waals surface area contributed by atoms with E-state index in [2.05, 4.69) is 20.6 Å². The van der Waals surface area contributed by atoms with Gasteiger partial charge in [-0.05, 0) is 61.6 Å². The Morgan fingerprint density at radius 1 is 1.02 bits per heavy atom. The number of anilines is 1. The molecule has 0 bridgehead atoms. The van der Waals surface area contributed by atoms with E-state index in [1.165, 1.54) is 25.3 Å². The summed E-state index contributed by atoms with van der Waals surface area (Å²) in [6.07, 6.45) is -1.63. The van der Waals surface area contributed by atoms with E-state index in [1.807, 2.05) is 4.90 Å². The zero-order valence-electron chi connectivity index (χ0n) is 25.2. The van der Waals surface area contributed by atoms with Crippen molar-refractivity contribution in [2.75, 3.05) is 33.1 Å². The van der Waals surface area contributed by atoms with Crippen LogP contribution in [0, 0.1) is 11.6 Å². The molecule has 0 spiro atoms. The van der Waals surface area contributed by atoms with Crippen LogP contribution in [0.25, 0.3) is 26.5 Å². The number of benzene rings is 2. The summed E-state index contributed by atoms with van der Waals surface area (Å²) in [4.78, 5) is 51.5. The summed E-state index contributed by atoms with van der Waals surface area (Å²) in [5.41, 5.74) is 1.71. The first-order valence-electron chi connectivity index (χ1n) is 13.9. The molecule has 2 aromatic carbocycles. The Labute approximate surface area is 268 Å². The van der Waals surface area contributed by atoms with Gasteiger partial charge in [0.25, 0.3) is 12.0 Å². The molecule has 0 fully saturated rings. The molecule has 47 heavy (non-hydrogen) atoms. The zero-order chi connectivity index (χ0) is 33.8. The van der Waals surface area contributed by atoms with Gasteiger partial charge in [-0.25, -0.2) is 42.2 Å². The first-order valence-corrected chi connectivity index (χ1v) is 14.8. The van der Waals surface area contributed by atoms with Crippen molar-refractivity contribution in [2.45, 2.75) is 19.5 Å². The third-order valence-electron chi connectivity index (χ3n) is 6.85. The van der Waals surface area contributed by atoms with Gasteiger partial charge in [-0.2, -0.15) is 0 Å². The highest BCUT2D eigenvalue weighted by Gasteiger charge is 2.25. The van der Waals surface area contributed by atoms with Gasteiger partial charge in [0.1, 0.15) is 34.6 Å². The van der Waals surface area contributed by atoms with Gasteiger partial charge in [0.15, 0.2) is 0 Å². The van der Waals surface area contributed by atoms with Gasteiger partial charge < -0.3 is 15.0 Å². The average Bonchev–Trinajstić information content (AvgIpc) is 3.39. The van der Waals surface area contributed by atoms with E-state index in [0.29, 0.717) is 21.7 Å². The second-order valence-corrected chi connectivity index (χ2v) is 11.4. The Morgan fingerprint density at radius 2 is 1.72 bits per heavy atom. The number of carbonyl (C=O) groups is 1. The van der Waals surface area contributed by atoms with Crippen LogP contribution in [0.4, 0.5) is 28.0 Å². The Bertz CT molecular complexity index is 2010. The fraction of sp³-hybridized carbons (Fsp3) is 0.226. The molecular formula is C31H28F4N6O5S. The van der Waals surface area contributed by atoms with Crippen molar-refractivity contribution >= 4 is 33.3 Å². The van der Waals surface area contributed by atoms with Gasteiger partial charge in [0, 0.05) is 22.7 Å². The van der Waals surface area contributed by atoms with Crippen molar-refractivity contribution in [1.82, 2.24) is 24.5 Å². The lowest BCUT2D eigenvalue weighted by Gasteiger charge is -2.15. The number of halogens is 4. The number of alkyl halides is 2. The van der Waals surface area contributed by atoms with E-state index < -0.39 is 54.1 Å². The Kier molecular flexibility index (Phi) is 10.0. The molecule has 0 aliphatic rings. The number of thiophene rings is 1. The number of rotatable bonds is 11. The van der Waals surface area contributed by atoms with Crippen LogP contribution in [0.15, 0.2) is 70.4 Å². The molecule has 0 radical (unpaired) electrons. The van der Waals surface area contributed by atoms with E-state index in [1.54, 1.807) is 38.4 Å². The van der Waals surface area contributed by atoms with Crippen molar-refractivity contribution in [3.05, 3.63) is 104 Å². The maximum absolute atomic E-state index is 14.9. The molecule has 0 saturated heterocycles. The van der Waals surface area contributed by atoms with Gasteiger partial charge in [0.2, 0.25) is 0 Å². The second-order valence-electron chi connectivity index (χ2n) is 10.4. The van der Waals surface area contributed by atoms with E-state index >= 15 is 0 Å². The summed E-state index contributed by atoms with van der Waals surface area (Å²) < 4.78 is 61.9. The topological polar surface area (TPSA) is 120 Å². The van der Waals surface area contributed by atoms with Crippen molar-refractivity contribution < 1.29 is 31.9 Å². The molecule has 5 aromatic rings. The molecule has 2 amide bonds. The third kappa shape index (κ3) is 7.19. The number of fused-ring (bicyclic) bond motifs is 1. The highest BCUT2D eigenvalue weighted by Crippen LogP contribution is 2.38. The van der Waals surface area contributed by atoms with Crippen LogP contribution in [-0.4, -0.2) is 59.3 Å². The smallest absolute Gasteiger partial charge is 0.343 e. The van der Waals surface area contributed by atoms with Gasteiger partial charge in [0.05, 0.1) is 25.2 Å². The van der Waals surface area contributed by atoms with Crippen LogP contribution in [-0.2, 0) is 17.9 Å². The number of nitrogens with zero attached hydrogens (tertiary/aromatic N) is 4. The van der Waals surface area contributed by atoms with Crippen LogP contribution in [0.5, 0.6) is 5.75 Å². The van der Waals surface area contributed by atoms with Crippen molar-refractivity contribution in [3.63, 3.8) is 0 Å². The minimum atomic E-state index is -2.73. The standard InChI is InChI=1S/C31H28F4N6O5S/c1-39(2)14-21-26-28(42)41(25-12-11-19(13-36-25)46-16-24(34)35)31(44)40(15-20-22(32)5-4-6-23(20)33)29(26)47-27(21)17-7-9-18(10-8-17)37-30(43)38-45-3/h4-13,24H,14-16H2,1-3H3,(H2,37,38,43). The number of pyridine rings is 1. The molecular weight excluding hydrogens is 644 g/mol. The molecule has 0 aliphatic heterocycles. The van der Waals surface area contributed by atoms with Crippen LogP contribution >= 0.6 is 11.3 Å². The molecule has 0 aliphatic carbocycles. The molecule has 3 heterocycles. The van der Waals surface area contributed by atoms with Crippen LogP contribution in [0.1, 0.15) is 11.1 Å². The Balaban J connectivity index is 1.74. The summed E-state index contributed by atoms with van der Waals surface area (Å²) in [6.45, 7) is -1.19. The number of carbonyl (C=O) groups excluding carboxylic acids is 1. The molecule has 0 atom stereocenters. The Morgan fingerprint density at radius 3 is 2.32 bits per heavy atom. The quantitative estimate of drug-likeness (QED) is 0.150. The van der Waals surface area contributed by atoms with Gasteiger partial charge in [-0.15, -0.1) is 11.3 Å². The predicted molar refractivity (Wildman–Crippen MR) is 168 cm³/mol. The van der Waals surface area contributed by atoms with Gasteiger partial charge in [-0.3, -0.25) is 14.2 Å². The van der Waals surface area contributed by atoms with Crippen molar-refractivity contribution in [2.24, 2.45) is 0 Å². The lowest BCUT2D eigenvalue weighted by atomic mass is 10.1. The van der Waals surface area contributed by atoms with Gasteiger partial charge >= 0.3 is 11.7 Å². The summed E-state index contributed by atoms with van der Waals surface area (Å²) in [5, 5.41) is 2.72. The van der Waals surface area contributed by atoms with Crippen LogP contribution in [0.2, 0.25) is 0 Å². The van der Waals surface area contributed by atoms with Crippen molar-refractivity contribution in [3.8, 4) is 22.0 Å². The zero-order valence-corrected chi connectivity index (χ0v) is 26.0. The average molecular weight is 673 g/mol. The number of hydrogen-bond donors (Lipinski definition) is 2. The normalized spacial score (nSPS) is 11.4. The molecule has 2 N–H and O–H groups in total. The van der Waals surface area contributed by atoms with E-state index in [9.17, 15) is 31.9 Å². The number of aromatic nitrogens is 3. The summed E-state index contributed by atoms with van der Waals surface area (Å²) in [7, 11) is 4.87. The lowest BCUT2D eigenvalue weighted by molar-refractivity contribution is 0.0817. The minimum absolute atomic E-state index is 0.0133. The van der Waals surface area contributed by atoms with Crippen LogP contribution < -0.4 is 26.8 Å². The molecule has 246 valence electrons. The number of nitrogens with one attached hydrogen (secondary N) is 2.